The summed E-state index contributed by atoms with van der Waals surface area (Å²) in [5, 5.41) is 0. The van der Waals surface area contributed by atoms with Crippen molar-refractivity contribution in [2.24, 2.45) is 0 Å². The molecule has 0 radical (unpaired) electrons. The van der Waals surface area contributed by atoms with Gasteiger partial charge in [0.2, 0.25) is 0 Å². The molecule has 0 fully saturated rings. The van der Waals surface area contributed by atoms with E-state index in [0.717, 1.165) is 0 Å². The van der Waals surface area contributed by atoms with Gasteiger partial charge in [-0.1, -0.05) is 0 Å². The maximum atomic E-state index is 13.2. The van der Waals surface area contributed by atoms with E-state index >= 15 is 0 Å². The van der Waals surface area contributed by atoms with E-state index in [2.05, 4.69) is 4.98 Å². The van der Waals surface area contributed by atoms with Gasteiger partial charge in [-0.15, -0.1) is 11.3 Å². The predicted molar refractivity (Wildman–Crippen MR) is 89.1 cm³/mol. The molecule has 0 aliphatic carbocycles. The van der Waals surface area contributed by atoms with Gasteiger partial charge in [0.1, 0.15) is 22.9 Å². The van der Waals surface area contributed by atoms with Crippen molar-refractivity contribution in [3.8, 4) is 5.69 Å². The Kier molecular flexibility index (Phi) is 4.41. The van der Waals surface area contributed by atoms with E-state index in [-0.39, 0.29) is 12.3 Å². The molecular formula is C16H14FN3O3S. The second-order valence-corrected chi connectivity index (χ2v) is 6.19. The van der Waals surface area contributed by atoms with Gasteiger partial charge in [-0.05, 0) is 44.4 Å². The summed E-state index contributed by atoms with van der Waals surface area (Å²) < 4.78 is 19.6. The quantitative estimate of drug-likeness (QED) is 0.535. The third-order valence-electron chi connectivity index (χ3n) is 3.25. The number of benzene rings is 1. The SMILES string of the molecule is CN(C)COC(=O)c1cc2ncsc2n(-c2ccc(F)cc2)c1=O. The number of rotatable bonds is 4. The summed E-state index contributed by atoms with van der Waals surface area (Å²) in [5.41, 5.74) is 1.90. The van der Waals surface area contributed by atoms with Crippen molar-refractivity contribution in [2.45, 2.75) is 0 Å². The van der Waals surface area contributed by atoms with Crippen molar-refractivity contribution in [1.29, 1.82) is 0 Å². The third-order valence-corrected chi connectivity index (χ3v) is 4.08. The fraction of sp³-hybridized carbons (Fsp3) is 0.188. The normalized spacial score (nSPS) is 11.2. The molecule has 3 aromatic rings. The first-order valence-corrected chi connectivity index (χ1v) is 7.92. The highest BCUT2D eigenvalue weighted by molar-refractivity contribution is 7.16. The second kappa shape index (κ2) is 6.50. The molecule has 0 bridgehead atoms. The van der Waals surface area contributed by atoms with Gasteiger partial charge in [0.15, 0.2) is 0 Å². The number of ether oxygens (including phenoxy) is 1. The van der Waals surface area contributed by atoms with Gasteiger partial charge in [-0.25, -0.2) is 14.2 Å². The molecule has 24 heavy (non-hydrogen) atoms. The van der Waals surface area contributed by atoms with Crippen LogP contribution in [0.25, 0.3) is 16.0 Å². The van der Waals surface area contributed by atoms with Crippen LogP contribution in [0.15, 0.2) is 40.6 Å². The third kappa shape index (κ3) is 3.06. The first kappa shape index (κ1) is 16.3. The molecule has 0 atom stereocenters. The maximum absolute atomic E-state index is 13.2. The lowest BCUT2D eigenvalue weighted by Crippen LogP contribution is -2.28. The summed E-state index contributed by atoms with van der Waals surface area (Å²) in [6, 6.07) is 6.89. The first-order valence-electron chi connectivity index (χ1n) is 7.04. The van der Waals surface area contributed by atoms with Crippen molar-refractivity contribution in [2.75, 3.05) is 20.8 Å². The Morgan fingerprint density at radius 1 is 1.33 bits per heavy atom. The Morgan fingerprint density at radius 2 is 2.04 bits per heavy atom. The molecule has 0 aliphatic rings. The fourth-order valence-corrected chi connectivity index (χ4v) is 2.95. The molecule has 0 aliphatic heterocycles. The number of nitrogens with zero attached hydrogens (tertiary/aromatic N) is 3. The average molecular weight is 347 g/mol. The zero-order valence-electron chi connectivity index (χ0n) is 13.0. The molecule has 2 aromatic heterocycles. The van der Waals surface area contributed by atoms with Gasteiger partial charge in [-0.3, -0.25) is 14.3 Å². The topological polar surface area (TPSA) is 64.4 Å². The van der Waals surface area contributed by atoms with Crippen molar-refractivity contribution in [3.63, 3.8) is 0 Å². The summed E-state index contributed by atoms with van der Waals surface area (Å²) >= 11 is 1.26. The van der Waals surface area contributed by atoms with E-state index in [9.17, 15) is 14.0 Å². The smallest absolute Gasteiger partial charge is 0.345 e. The minimum Gasteiger partial charge on any atom is -0.446 e. The minimum absolute atomic E-state index is 0.0594. The van der Waals surface area contributed by atoms with E-state index in [1.54, 1.807) is 24.5 Å². The average Bonchev–Trinajstić information content (AvgIpc) is 3.01. The monoisotopic (exact) mass is 347 g/mol. The Balaban J connectivity index is 2.16. The van der Waals surface area contributed by atoms with Gasteiger partial charge in [0.05, 0.1) is 16.7 Å². The molecule has 3 rings (SSSR count). The number of carbonyl (C=O) groups is 1. The van der Waals surface area contributed by atoms with Crippen molar-refractivity contribution >= 4 is 27.7 Å². The lowest BCUT2D eigenvalue weighted by atomic mass is 10.2. The molecule has 1 aromatic carbocycles. The van der Waals surface area contributed by atoms with Gasteiger partial charge < -0.3 is 4.74 Å². The van der Waals surface area contributed by atoms with Crippen LogP contribution in [0.3, 0.4) is 0 Å². The van der Waals surface area contributed by atoms with E-state index in [4.69, 9.17) is 4.74 Å². The maximum Gasteiger partial charge on any atom is 0.345 e. The van der Waals surface area contributed by atoms with Gasteiger partial charge >= 0.3 is 5.97 Å². The summed E-state index contributed by atoms with van der Waals surface area (Å²) in [4.78, 5) is 31.4. The Hall–Kier alpha value is -2.58. The molecule has 124 valence electrons. The fourth-order valence-electron chi connectivity index (χ4n) is 2.16. The lowest BCUT2D eigenvalue weighted by molar-refractivity contribution is 0.0317. The summed E-state index contributed by atoms with van der Waals surface area (Å²) in [7, 11) is 3.49. The van der Waals surface area contributed by atoms with Crippen LogP contribution in [-0.4, -0.2) is 41.2 Å². The molecular weight excluding hydrogens is 333 g/mol. The number of carbonyl (C=O) groups excluding carboxylic acids is 1. The van der Waals surface area contributed by atoms with Crippen LogP contribution in [0.2, 0.25) is 0 Å². The number of thiazole rings is 1. The number of aromatic nitrogens is 2. The van der Waals surface area contributed by atoms with Gasteiger partial charge in [-0.2, -0.15) is 0 Å². The second-order valence-electron chi connectivity index (χ2n) is 5.36. The highest BCUT2D eigenvalue weighted by atomic mass is 32.1. The van der Waals surface area contributed by atoms with Crippen molar-refractivity contribution in [3.05, 3.63) is 57.6 Å². The number of fused-ring (bicyclic) bond motifs is 1. The molecule has 8 heteroatoms. The number of hydrogen-bond donors (Lipinski definition) is 0. The van der Waals surface area contributed by atoms with Gasteiger partial charge in [0.25, 0.3) is 5.56 Å². The van der Waals surface area contributed by atoms with E-state index in [1.165, 1.54) is 46.2 Å². The minimum atomic E-state index is -0.723. The molecule has 0 N–H and O–H groups in total. The van der Waals surface area contributed by atoms with Crippen LogP contribution in [0.5, 0.6) is 0 Å². The number of hydrogen-bond acceptors (Lipinski definition) is 6. The summed E-state index contributed by atoms with van der Waals surface area (Å²) in [6.07, 6.45) is 0. The molecule has 0 spiro atoms. The summed E-state index contributed by atoms with van der Waals surface area (Å²) in [6.45, 7) is 0.0594. The van der Waals surface area contributed by atoms with E-state index < -0.39 is 17.3 Å². The Morgan fingerprint density at radius 3 is 2.71 bits per heavy atom. The van der Waals surface area contributed by atoms with E-state index in [1.807, 2.05) is 0 Å². The molecule has 0 saturated carbocycles. The number of esters is 1. The van der Waals surface area contributed by atoms with Crippen LogP contribution < -0.4 is 5.56 Å². The number of halogens is 1. The zero-order chi connectivity index (χ0) is 17.3. The van der Waals surface area contributed by atoms with E-state index in [0.29, 0.717) is 16.0 Å². The predicted octanol–water partition coefficient (Wildman–Crippen LogP) is 2.26. The van der Waals surface area contributed by atoms with Crippen LogP contribution in [0.4, 0.5) is 4.39 Å². The highest BCUT2D eigenvalue weighted by Crippen LogP contribution is 2.21. The molecule has 0 saturated heterocycles. The molecule has 2 heterocycles. The standard InChI is InChI=1S/C16H14FN3O3S/c1-19(2)9-23-16(22)12-7-13-15(24-8-18-13)20(14(12)21)11-5-3-10(17)4-6-11/h3-8H,9H2,1-2H3. The zero-order valence-corrected chi connectivity index (χ0v) is 13.8. The Bertz CT molecular complexity index is 947. The first-order chi connectivity index (χ1) is 11.5. The van der Waals surface area contributed by atoms with Crippen LogP contribution in [0.1, 0.15) is 10.4 Å². The Labute approximate surface area is 140 Å². The highest BCUT2D eigenvalue weighted by Gasteiger charge is 2.19. The van der Waals surface area contributed by atoms with Crippen molar-refractivity contribution in [1.82, 2.24) is 14.5 Å². The molecule has 0 unspecified atom stereocenters. The number of pyridine rings is 1. The summed E-state index contributed by atoms with van der Waals surface area (Å²) in [5.74, 6) is -1.13. The van der Waals surface area contributed by atoms with Crippen LogP contribution >= 0.6 is 11.3 Å². The van der Waals surface area contributed by atoms with Gasteiger partial charge in [0, 0.05) is 0 Å². The lowest BCUT2D eigenvalue weighted by Gasteiger charge is -2.12. The molecule has 0 amide bonds. The van der Waals surface area contributed by atoms with Crippen LogP contribution in [-0.2, 0) is 4.74 Å². The largest absolute Gasteiger partial charge is 0.446 e. The molecule has 6 nitrogen and oxygen atoms in total. The van der Waals surface area contributed by atoms with Crippen LogP contribution in [0, 0.1) is 5.82 Å². The van der Waals surface area contributed by atoms with Crippen molar-refractivity contribution < 1.29 is 13.9 Å².